The van der Waals surface area contributed by atoms with Crippen molar-refractivity contribution < 1.29 is 9.18 Å². The second-order valence-electron chi connectivity index (χ2n) is 7.02. The average molecular weight is 372 g/mol. The van der Waals surface area contributed by atoms with Crippen molar-refractivity contribution in [2.75, 3.05) is 5.32 Å². The molecule has 138 valence electrons. The Morgan fingerprint density at radius 2 is 1.89 bits per heavy atom. The normalized spacial score (nSPS) is 18.2. The Labute approximate surface area is 160 Å². The van der Waals surface area contributed by atoms with Crippen LogP contribution < -0.4 is 5.32 Å². The van der Waals surface area contributed by atoms with Crippen LogP contribution in [0.4, 0.5) is 10.1 Å². The number of anilines is 1. The number of fused-ring (bicyclic) bond motifs is 1. The molecule has 2 aromatic carbocycles. The van der Waals surface area contributed by atoms with Gasteiger partial charge in [0.25, 0.3) is 0 Å². The van der Waals surface area contributed by atoms with Gasteiger partial charge in [-0.05, 0) is 48.2 Å². The zero-order valence-corrected chi connectivity index (χ0v) is 14.9. The van der Waals surface area contributed by atoms with E-state index in [9.17, 15) is 9.18 Å². The zero-order valence-electron chi connectivity index (χ0n) is 14.9. The second-order valence-corrected chi connectivity index (χ2v) is 7.02. The van der Waals surface area contributed by atoms with Gasteiger partial charge in [-0.1, -0.05) is 24.3 Å². The maximum atomic E-state index is 13.0. The molecule has 2 heterocycles. The molecule has 1 saturated carbocycles. The van der Waals surface area contributed by atoms with E-state index in [1.165, 1.54) is 12.1 Å². The lowest BCUT2D eigenvalue weighted by atomic mass is 10.1. The van der Waals surface area contributed by atoms with E-state index in [1.807, 2.05) is 47.1 Å². The molecule has 5 nitrogen and oxygen atoms in total. The van der Waals surface area contributed by atoms with Crippen molar-refractivity contribution >= 4 is 17.4 Å². The summed E-state index contributed by atoms with van der Waals surface area (Å²) in [7, 11) is 0. The fraction of sp³-hybridized carbons (Fsp3) is 0.136. The Balaban J connectivity index is 1.26. The molecule has 0 bridgehead atoms. The summed E-state index contributed by atoms with van der Waals surface area (Å²) >= 11 is 0. The minimum atomic E-state index is -0.258. The highest BCUT2D eigenvalue weighted by atomic mass is 19.1. The molecule has 6 heteroatoms. The van der Waals surface area contributed by atoms with Gasteiger partial charge in [-0.3, -0.25) is 9.20 Å². The highest BCUT2D eigenvalue weighted by molar-refractivity contribution is 5.95. The van der Waals surface area contributed by atoms with Gasteiger partial charge < -0.3 is 5.32 Å². The summed E-state index contributed by atoms with van der Waals surface area (Å²) < 4.78 is 14.9. The number of carbonyl (C=O) groups is 1. The van der Waals surface area contributed by atoms with E-state index < -0.39 is 0 Å². The summed E-state index contributed by atoms with van der Waals surface area (Å²) in [5.41, 5.74) is 3.55. The van der Waals surface area contributed by atoms with Crippen LogP contribution in [0.1, 0.15) is 17.9 Å². The summed E-state index contributed by atoms with van der Waals surface area (Å²) in [5, 5.41) is 2.97. The predicted octanol–water partition coefficient (Wildman–Crippen LogP) is 4.28. The van der Waals surface area contributed by atoms with Gasteiger partial charge in [0.05, 0.1) is 5.69 Å². The van der Waals surface area contributed by atoms with E-state index in [2.05, 4.69) is 15.3 Å². The second kappa shape index (κ2) is 6.56. The van der Waals surface area contributed by atoms with Crippen molar-refractivity contribution in [1.82, 2.24) is 14.4 Å². The van der Waals surface area contributed by atoms with Crippen LogP contribution in [-0.2, 0) is 4.79 Å². The molecule has 2 unspecified atom stereocenters. The molecule has 1 N–H and O–H groups in total. The first kappa shape index (κ1) is 16.6. The Bertz CT molecular complexity index is 1120. The highest BCUT2D eigenvalue weighted by Gasteiger charge is 2.43. The quantitative estimate of drug-likeness (QED) is 0.582. The molecule has 2 aromatic heterocycles. The van der Waals surface area contributed by atoms with E-state index in [1.54, 1.807) is 18.3 Å². The Kier molecular flexibility index (Phi) is 3.90. The molecule has 2 atom stereocenters. The van der Waals surface area contributed by atoms with Crippen molar-refractivity contribution in [3.8, 4) is 11.3 Å². The third-order valence-corrected chi connectivity index (χ3v) is 5.11. The van der Waals surface area contributed by atoms with Crippen LogP contribution in [0.15, 0.2) is 73.2 Å². The van der Waals surface area contributed by atoms with Gasteiger partial charge in [-0.15, -0.1) is 0 Å². The molecule has 0 radical (unpaired) electrons. The van der Waals surface area contributed by atoms with Crippen LogP contribution in [-0.4, -0.2) is 20.3 Å². The Morgan fingerprint density at radius 1 is 1.11 bits per heavy atom. The molecule has 28 heavy (non-hydrogen) atoms. The van der Waals surface area contributed by atoms with E-state index in [4.69, 9.17) is 0 Å². The molecule has 1 amide bonds. The van der Waals surface area contributed by atoms with E-state index in [0.717, 1.165) is 28.9 Å². The van der Waals surface area contributed by atoms with Crippen LogP contribution in [0.3, 0.4) is 0 Å². The number of benzene rings is 2. The molecule has 1 aliphatic carbocycles. The summed E-state index contributed by atoms with van der Waals surface area (Å²) in [4.78, 5) is 21.2. The van der Waals surface area contributed by atoms with Crippen molar-refractivity contribution in [2.45, 2.75) is 12.3 Å². The number of carbonyl (C=O) groups excluding carboxylic acids is 1. The van der Waals surface area contributed by atoms with Crippen LogP contribution in [0, 0.1) is 11.7 Å². The smallest absolute Gasteiger partial charge is 0.234 e. The van der Waals surface area contributed by atoms with Gasteiger partial charge in [0.2, 0.25) is 11.7 Å². The SMILES string of the molecule is O=C(Nc1ccc(-c2cn3cccnc3n2)cc1)C1CC1c1ccc(F)cc1. The number of halogens is 1. The molecular weight excluding hydrogens is 355 g/mol. The molecule has 1 fully saturated rings. The van der Waals surface area contributed by atoms with Gasteiger partial charge in [-0.2, -0.15) is 0 Å². The first-order chi connectivity index (χ1) is 13.7. The minimum Gasteiger partial charge on any atom is -0.326 e. The monoisotopic (exact) mass is 372 g/mol. The molecular formula is C22H17FN4O. The minimum absolute atomic E-state index is 0.000921. The van der Waals surface area contributed by atoms with Crippen LogP contribution in [0.2, 0.25) is 0 Å². The number of aromatic nitrogens is 3. The summed E-state index contributed by atoms with van der Waals surface area (Å²) in [6, 6.07) is 15.9. The lowest BCUT2D eigenvalue weighted by molar-refractivity contribution is -0.117. The van der Waals surface area contributed by atoms with Crippen LogP contribution in [0.5, 0.6) is 0 Å². The molecule has 0 aliphatic heterocycles. The van der Waals surface area contributed by atoms with Crippen molar-refractivity contribution in [3.05, 3.63) is 84.6 Å². The topological polar surface area (TPSA) is 59.3 Å². The maximum absolute atomic E-state index is 13.0. The number of hydrogen-bond donors (Lipinski definition) is 1. The van der Waals surface area contributed by atoms with Crippen LogP contribution >= 0.6 is 0 Å². The summed E-state index contributed by atoms with van der Waals surface area (Å²) in [6.07, 6.45) is 6.33. The molecule has 0 saturated heterocycles. The van der Waals surface area contributed by atoms with Gasteiger partial charge in [-0.25, -0.2) is 14.4 Å². The number of nitrogens with zero attached hydrogens (tertiary/aromatic N) is 3. The highest BCUT2D eigenvalue weighted by Crippen LogP contribution is 2.48. The van der Waals surface area contributed by atoms with Crippen molar-refractivity contribution in [2.24, 2.45) is 5.92 Å². The first-order valence-corrected chi connectivity index (χ1v) is 9.14. The van der Waals surface area contributed by atoms with E-state index >= 15 is 0 Å². The lowest BCUT2D eigenvalue weighted by Gasteiger charge is -2.06. The number of amides is 1. The lowest BCUT2D eigenvalue weighted by Crippen LogP contribution is -2.14. The summed E-state index contributed by atoms with van der Waals surface area (Å²) in [6.45, 7) is 0. The first-order valence-electron chi connectivity index (χ1n) is 9.14. The van der Waals surface area contributed by atoms with Crippen molar-refractivity contribution in [3.63, 3.8) is 0 Å². The number of hydrogen-bond acceptors (Lipinski definition) is 3. The van der Waals surface area contributed by atoms with Gasteiger partial charge >= 0.3 is 0 Å². The van der Waals surface area contributed by atoms with Gasteiger partial charge in [0.1, 0.15) is 5.82 Å². The van der Waals surface area contributed by atoms with Crippen molar-refractivity contribution in [1.29, 1.82) is 0 Å². The molecule has 4 aromatic rings. The Hall–Kier alpha value is -3.54. The standard InChI is InChI=1S/C22H17FN4O/c23-16-6-2-14(3-7-16)18-12-19(18)21(28)25-17-8-4-15(5-9-17)20-13-27-11-1-10-24-22(27)26-20/h1-11,13,18-19H,12H2,(H,25,28). The third kappa shape index (κ3) is 3.13. The largest absolute Gasteiger partial charge is 0.326 e. The number of nitrogens with one attached hydrogen (secondary N) is 1. The molecule has 1 aliphatic rings. The maximum Gasteiger partial charge on any atom is 0.234 e. The predicted molar refractivity (Wildman–Crippen MR) is 104 cm³/mol. The van der Waals surface area contributed by atoms with Gasteiger partial charge in [0.15, 0.2) is 0 Å². The molecule has 5 rings (SSSR count). The number of rotatable bonds is 4. The summed E-state index contributed by atoms with van der Waals surface area (Å²) in [5.74, 6) is 0.501. The van der Waals surface area contributed by atoms with E-state index in [0.29, 0.717) is 5.78 Å². The Morgan fingerprint density at radius 3 is 2.64 bits per heavy atom. The van der Waals surface area contributed by atoms with E-state index in [-0.39, 0.29) is 23.6 Å². The van der Waals surface area contributed by atoms with Gasteiger partial charge in [0, 0.05) is 35.8 Å². The van der Waals surface area contributed by atoms with Crippen LogP contribution in [0.25, 0.3) is 17.0 Å². The fourth-order valence-electron chi connectivity index (χ4n) is 3.49. The zero-order chi connectivity index (χ0) is 19.1. The fourth-order valence-corrected chi connectivity index (χ4v) is 3.49. The molecule has 0 spiro atoms. The average Bonchev–Trinajstić information content (AvgIpc) is 3.40. The third-order valence-electron chi connectivity index (χ3n) is 5.11. The number of imidazole rings is 1.